The number of hydrogen-bond acceptors (Lipinski definition) is 4. The van der Waals surface area contributed by atoms with Crippen molar-refractivity contribution in [1.29, 1.82) is 0 Å². The van der Waals surface area contributed by atoms with Gasteiger partial charge in [-0.3, -0.25) is 25.2 Å². The number of carbonyl (C=O) groups excluding carboxylic acids is 3. The van der Waals surface area contributed by atoms with Crippen LogP contribution >= 0.6 is 11.6 Å². The van der Waals surface area contributed by atoms with Crippen LogP contribution in [0.4, 0.5) is 5.69 Å². The minimum absolute atomic E-state index is 0.204. The molecule has 7 nitrogen and oxygen atoms in total. The molecule has 0 bridgehead atoms. The molecule has 130 valence electrons. The molecule has 0 saturated heterocycles. The molecule has 0 unspecified atom stereocenters. The molecule has 25 heavy (non-hydrogen) atoms. The van der Waals surface area contributed by atoms with Gasteiger partial charge in [0.1, 0.15) is 5.75 Å². The zero-order valence-electron chi connectivity index (χ0n) is 13.3. The molecule has 0 spiro atoms. The molecule has 2 rings (SSSR count). The second-order valence-corrected chi connectivity index (χ2v) is 5.44. The Morgan fingerprint density at radius 2 is 1.60 bits per heavy atom. The van der Waals surface area contributed by atoms with E-state index >= 15 is 0 Å². The van der Waals surface area contributed by atoms with Gasteiger partial charge in [0.25, 0.3) is 11.8 Å². The predicted octanol–water partition coefficient (Wildman–Crippen LogP) is 2.14. The first-order valence-corrected chi connectivity index (χ1v) is 7.67. The Kier molecular flexibility index (Phi) is 6.36. The highest BCUT2D eigenvalue weighted by atomic mass is 35.5. The van der Waals surface area contributed by atoms with Gasteiger partial charge >= 0.3 is 0 Å². The van der Waals surface area contributed by atoms with Crippen LogP contribution < -0.4 is 20.9 Å². The fraction of sp³-hybridized carbons (Fsp3) is 0.118. The average Bonchev–Trinajstić information content (AvgIpc) is 2.59. The lowest BCUT2D eigenvalue weighted by atomic mass is 10.2. The zero-order valence-corrected chi connectivity index (χ0v) is 14.1. The minimum atomic E-state index is -0.516. The maximum Gasteiger partial charge on any atom is 0.276 e. The molecule has 2 aromatic rings. The summed E-state index contributed by atoms with van der Waals surface area (Å²) in [5.74, 6) is -0.725. The van der Waals surface area contributed by atoms with E-state index in [1.807, 2.05) is 0 Å². The molecule has 3 N–H and O–H groups in total. The van der Waals surface area contributed by atoms with E-state index in [-0.39, 0.29) is 12.5 Å². The first kappa shape index (κ1) is 18.3. The van der Waals surface area contributed by atoms with Gasteiger partial charge in [-0.05, 0) is 48.5 Å². The number of ether oxygens (including phenoxy) is 1. The van der Waals surface area contributed by atoms with Gasteiger partial charge in [-0.25, -0.2) is 0 Å². The van der Waals surface area contributed by atoms with Crippen LogP contribution in [0, 0.1) is 0 Å². The molecule has 0 fully saturated rings. The number of hydrogen-bond donors (Lipinski definition) is 3. The fourth-order valence-corrected chi connectivity index (χ4v) is 1.95. The smallest absolute Gasteiger partial charge is 0.276 e. The molecule has 0 aromatic heterocycles. The second-order valence-electron chi connectivity index (χ2n) is 5.00. The lowest BCUT2D eigenvalue weighted by Crippen LogP contribution is -2.43. The van der Waals surface area contributed by atoms with Crippen molar-refractivity contribution in [1.82, 2.24) is 10.9 Å². The van der Waals surface area contributed by atoms with Gasteiger partial charge in [-0.2, -0.15) is 0 Å². The number of amides is 3. The lowest BCUT2D eigenvalue weighted by molar-refractivity contribution is -0.123. The van der Waals surface area contributed by atoms with Crippen molar-refractivity contribution in [3.63, 3.8) is 0 Å². The molecule has 0 heterocycles. The van der Waals surface area contributed by atoms with Gasteiger partial charge in [0.05, 0.1) is 0 Å². The van der Waals surface area contributed by atoms with Crippen LogP contribution in [0.5, 0.6) is 5.75 Å². The van der Waals surface area contributed by atoms with Crippen molar-refractivity contribution < 1.29 is 19.1 Å². The number of carbonyl (C=O) groups is 3. The van der Waals surface area contributed by atoms with Crippen LogP contribution in [-0.2, 0) is 9.59 Å². The number of benzene rings is 2. The third-order valence-corrected chi connectivity index (χ3v) is 3.22. The van der Waals surface area contributed by atoms with Crippen LogP contribution in [-0.4, -0.2) is 24.3 Å². The predicted molar refractivity (Wildman–Crippen MR) is 93.3 cm³/mol. The highest BCUT2D eigenvalue weighted by Crippen LogP contribution is 2.15. The van der Waals surface area contributed by atoms with Crippen molar-refractivity contribution >= 4 is 35.0 Å². The molecule has 0 atom stereocenters. The average molecular weight is 362 g/mol. The van der Waals surface area contributed by atoms with Crippen LogP contribution in [0.2, 0.25) is 5.02 Å². The first-order valence-electron chi connectivity index (χ1n) is 7.29. The summed E-state index contributed by atoms with van der Waals surface area (Å²) in [6, 6.07) is 12.8. The molecule has 0 saturated carbocycles. The molecule has 0 radical (unpaired) electrons. The van der Waals surface area contributed by atoms with Crippen LogP contribution in [0.1, 0.15) is 17.3 Å². The van der Waals surface area contributed by atoms with E-state index in [2.05, 4.69) is 16.2 Å². The van der Waals surface area contributed by atoms with Gasteiger partial charge in [-0.1, -0.05) is 11.6 Å². The number of anilines is 1. The maximum atomic E-state index is 11.9. The summed E-state index contributed by atoms with van der Waals surface area (Å²) >= 11 is 5.75. The maximum absolute atomic E-state index is 11.9. The summed E-state index contributed by atoms with van der Waals surface area (Å²) in [5.41, 5.74) is 5.43. The second kappa shape index (κ2) is 8.70. The quantitative estimate of drug-likeness (QED) is 0.711. The van der Waals surface area contributed by atoms with E-state index < -0.39 is 11.8 Å². The fourth-order valence-electron chi connectivity index (χ4n) is 1.82. The van der Waals surface area contributed by atoms with Gasteiger partial charge in [0.15, 0.2) is 6.61 Å². The van der Waals surface area contributed by atoms with Crippen LogP contribution in [0.3, 0.4) is 0 Å². The van der Waals surface area contributed by atoms with E-state index in [1.165, 1.54) is 19.1 Å². The Labute approximate surface area is 149 Å². The summed E-state index contributed by atoms with van der Waals surface area (Å²) in [6.07, 6.45) is 0. The van der Waals surface area contributed by atoms with Crippen molar-refractivity contribution in [2.75, 3.05) is 11.9 Å². The third kappa shape index (κ3) is 6.15. The SMILES string of the molecule is CC(=O)Nc1ccc(C(=O)NNC(=O)COc2ccc(Cl)cc2)cc1. The highest BCUT2D eigenvalue weighted by molar-refractivity contribution is 6.30. The van der Waals surface area contributed by atoms with Gasteiger partial charge in [-0.15, -0.1) is 0 Å². The van der Waals surface area contributed by atoms with Crippen molar-refractivity contribution in [3.8, 4) is 5.75 Å². The molecule has 0 aliphatic rings. The summed E-state index contributed by atoms with van der Waals surface area (Å²) in [6.45, 7) is 1.13. The van der Waals surface area contributed by atoms with E-state index in [9.17, 15) is 14.4 Å². The lowest BCUT2D eigenvalue weighted by Gasteiger charge is -2.09. The molecular weight excluding hydrogens is 346 g/mol. The Morgan fingerprint density at radius 1 is 0.960 bits per heavy atom. The summed E-state index contributed by atoms with van der Waals surface area (Å²) < 4.78 is 5.25. The normalized spacial score (nSPS) is 9.84. The van der Waals surface area contributed by atoms with E-state index in [4.69, 9.17) is 16.3 Å². The van der Waals surface area contributed by atoms with Crippen molar-refractivity contribution in [2.45, 2.75) is 6.92 Å². The molecule has 0 aliphatic heterocycles. The number of rotatable bonds is 5. The molecular formula is C17H16ClN3O4. The zero-order chi connectivity index (χ0) is 18.2. The largest absolute Gasteiger partial charge is 0.484 e. The van der Waals surface area contributed by atoms with Crippen molar-refractivity contribution in [3.05, 3.63) is 59.1 Å². The number of nitrogens with one attached hydrogen (secondary N) is 3. The Balaban J connectivity index is 1.77. The monoisotopic (exact) mass is 361 g/mol. The van der Waals surface area contributed by atoms with Gasteiger partial charge in [0, 0.05) is 23.2 Å². The number of hydrazine groups is 1. The molecule has 2 aromatic carbocycles. The molecule has 0 aliphatic carbocycles. The summed E-state index contributed by atoms with van der Waals surface area (Å²) in [5, 5.41) is 3.16. The first-order chi connectivity index (χ1) is 11.9. The van der Waals surface area contributed by atoms with E-state index in [0.717, 1.165) is 0 Å². The third-order valence-electron chi connectivity index (χ3n) is 2.97. The van der Waals surface area contributed by atoms with Crippen LogP contribution in [0.15, 0.2) is 48.5 Å². The molecule has 3 amide bonds. The topological polar surface area (TPSA) is 96.5 Å². The van der Waals surface area contributed by atoms with E-state index in [0.29, 0.717) is 22.0 Å². The van der Waals surface area contributed by atoms with Gasteiger partial charge < -0.3 is 10.1 Å². The minimum Gasteiger partial charge on any atom is -0.484 e. The van der Waals surface area contributed by atoms with E-state index in [1.54, 1.807) is 36.4 Å². The van der Waals surface area contributed by atoms with Crippen LogP contribution in [0.25, 0.3) is 0 Å². The van der Waals surface area contributed by atoms with Gasteiger partial charge in [0.2, 0.25) is 5.91 Å². The highest BCUT2D eigenvalue weighted by Gasteiger charge is 2.08. The standard InChI is InChI=1S/C17H16ClN3O4/c1-11(22)19-14-6-2-12(3-7-14)17(24)21-20-16(23)10-25-15-8-4-13(18)5-9-15/h2-9H,10H2,1H3,(H,19,22)(H,20,23)(H,21,24). The summed E-state index contributed by atoms with van der Waals surface area (Å²) in [7, 11) is 0. The molecule has 8 heteroatoms. The number of halogens is 1. The Morgan fingerprint density at radius 3 is 2.20 bits per heavy atom. The summed E-state index contributed by atoms with van der Waals surface area (Å²) in [4.78, 5) is 34.5. The Bertz CT molecular complexity index is 760. The van der Waals surface area contributed by atoms with Crippen molar-refractivity contribution in [2.24, 2.45) is 0 Å². The Hall–Kier alpha value is -3.06.